The molecule has 1 amide bonds. The van der Waals surface area contributed by atoms with Gasteiger partial charge in [0.15, 0.2) is 0 Å². The van der Waals surface area contributed by atoms with E-state index in [0.29, 0.717) is 11.3 Å². The zero-order valence-corrected chi connectivity index (χ0v) is 11.2. The normalized spacial score (nSPS) is 10.9. The Kier molecular flexibility index (Phi) is 4.48. The number of carbonyl (C=O) groups is 2. The summed E-state index contributed by atoms with van der Waals surface area (Å²) in [5.41, 5.74) is 0.375. The van der Waals surface area contributed by atoms with Gasteiger partial charge in [-0.2, -0.15) is 0 Å². The van der Waals surface area contributed by atoms with E-state index in [1.807, 2.05) is 20.8 Å². The molecule has 1 aromatic carbocycles. The number of benzene rings is 1. The van der Waals surface area contributed by atoms with Crippen molar-refractivity contribution in [2.24, 2.45) is 5.41 Å². The summed E-state index contributed by atoms with van der Waals surface area (Å²) in [5.74, 6) is -0.568. The molecule has 0 saturated heterocycles. The first kappa shape index (κ1) is 14.2. The number of anilines is 1. The third-order valence-electron chi connectivity index (χ3n) is 3.08. The Balaban J connectivity index is 2.98. The van der Waals surface area contributed by atoms with Crippen LogP contribution in [0.15, 0.2) is 24.3 Å². The molecule has 0 aliphatic rings. The van der Waals surface area contributed by atoms with Crippen LogP contribution < -0.4 is 5.32 Å². The predicted octanol–water partition coefficient (Wildman–Crippen LogP) is 2.85. The van der Waals surface area contributed by atoms with Gasteiger partial charge in [-0.15, -0.1) is 0 Å². The summed E-state index contributed by atoms with van der Waals surface area (Å²) in [6.45, 7) is 5.68. The zero-order valence-electron chi connectivity index (χ0n) is 11.2. The van der Waals surface area contributed by atoms with Gasteiger partial charge in [-0.3, -0.25) is 4.79 Å². The summed E-state index contributed by atoms with van der Waals surface area (Å²) >= 11 is 0. The van der Waals surface area contributed by atoms with Gasteiger partial charge in [-0.1, -0.05) is 32.9 Å². The number of carbonyl (C=O) groups excluding carboxylic acids is 2. The molecule has 0 aliphatic carbocycles. The number of rotatable bonds is 4. The van der Waals surface area contributed by atoms with E-state index in [0.717, 1.165) is 6.42 Å². The number of esters is 1. The number of amides is 1. The maximum atomic E-state index is 12.1. The third kappa shape index (κ3) is 3.09. The van der Waals surface area contributed by atoms with Crippen LogP contribution in [0.1, 0.15) is 37.6 Å². The number of hydrogen-bond acceptors (Lipinski definition) is 3. The van der Waals surface area contributed by atoms with Gasteiger partial charge in [-0.05, 0) is 18.6 Å². The molecular formula is C14H19NO3. The molecule has 0 aliphatic heterocycles. The number of hydrogen-bond donors (Lipinski definition) is 1. The Bertz CT molecular complexity index is 452. The molecule has 1 N–H and O–H groups in total. The van der Waals surface area contributed by atoms with Crippen LogP contribution in [-0.2, 0) is 9.53 Å². The van der Waals surface area contributed by atoms with Gasteiger partial charge in [0, 0.05) is 5.41 Å². The van der Waals surface area contributed by atoms with Gasteiger partial charge >= 0.3 is 5.97 Å². The highest BCUT2D eigenvalue weighted by Crippen LogP contribution is 2.24. The summed E-state index contributed by atoms with van der Waals surface area (Å²) in [6, 6.07) is 6.81. The Morgan fingerprint density at radius 3 is 2.44 bits per heavy atom. The second-order valence-corrected chi connectivity index (χ2v) is 4.73. The molecule has 4 nitrogen and oxygen atoms in total. The molecule has 0 aromatic heterocycles. The fourth-order valence-corrected chi connectivity index (χ4v) is 1.33. The molecule has 98 valence electrons. The average Bonchev–Trinajstić information content (AvgIpc) is 2.38. The Morgan fingerprint density at radius 2 is 1.89 bits per heavy atom. The summed E-state index contributed by atoms with van der Waals surface area (Å²) in [4.78, 5) is 23.6. The van der Waals surface area contributed by atoms with E-state index >= 15 is 0 Å². The summed E-state index contributed by atoms with van der Waals surface area (Å²) in [5, 5.41) is 2.78. The molecule has 1 rings (SSSR count). The molecule has 0 spiro atoms. The molecule has 0 heterocycles. The lowest BCUT2D eigenvalue weighted by atomic mass is 9.89. The molecule has 18 heavy (non-hydrogen) atoms. The number of nitrogens with one attached hydrogen (secondary N) is 1. The van der Waals surface area contributed by atoms with Crippen molar-refractivity contribution in [2.45, 2.75) is 27.2 Å². The molecule has 0 saturated carbocycles. The number of methoxy groups -OCH3 is 1. The van der Waals surface area contributed by atoms with Crippen LogP contribution in [0, 0.1) is 5.41 Å². The second-order valence-electron chi connectivity index (χ2n) is 4.73. The Labute approximate surface area is 107 Å². The minimum atomic E-state index is -0.469. The predicted molar refractivity (Wildman–Crippen MR) is 70.5 cm³/mol. The van der Waals surface area contributed by atoms with Crippen molar-refractivity contribution in [3.8, 4) is 0 Å². The second kappa shape index (κ2) is 5.67. The van der Waals surface area contributed by atoms with Crippen LogP contribution in [0.4, 0.5) is 5.69 Å². The van der Waals surface area contributed by atoms with Crippen molar-refractivity contribution in [1.82, 2.24) is 0 Å². The fourth-order valence-electron chi connectivity index (χ4n) is 1.33. The minimum Gasteiger partial charge on any atom is -0.465 e. The van der Waals surface area contributed by atoms with Crippen LogP contribution in [0.5, 0.6) is 0 Å². The van der Waals surface area contributed by atoms with Gasteiger partial charge in [0.2, 0.25) is 5.91 Å². The van der Waals surface area contributed by atoms with Crippen molar-refractivity contribution >= 4 is 17.6 Å². The van der Waals surface area contributed by atoms with E-state index in [4.69, 9.17) is 0 Å². The molecule has 0 radical (unpaired) electrons. The monoisotopic (exact) mass is 249 g/mol. The lowest BCUT2D eigenvalue weighted by Gasteiger charge is -2.22. The molecule has 1 aromatic rings. The number of para-hydroxylation sites is 1. The van der Waals surface area contributed by atoms with Gasteiger partial charge in [0.05, 0.1) is 18.4 Å². The van der Waals surface area contributed by atoms with E-state index in [9.17, 15) is 9.59 Å². The fraction of sp³-hybridized carbons (Fsp3) is 0.429. The summed E-state index contributed by atoms with van der Waals surface area (Å²) in [6.07, 6.45) is 0.721. The van der Waals surface area contributed by atoms with Crippen LogP contribution in [0.2, 0.25) is 0 Å². The third-order valence-corrected chi connectivity index (χ3v) is 3.08. The van der Waals surface area contributed by atoms with Gasteiger partial charge < -0.3 is 10.1 Å². The first-order valence-electron chi connectivity index (χ1n) is 5.91. The SMILES string of the molecule is CCC(C)(C)C(=O)Nc1ccccc1C(=O)OC. The van der Waals surface area contributed by atoms with Crippen molar-refractivity contribution < 1.29 is 14.3 Å². The van der Waals surface area contributed by atoms with E-state index < -0.39 is 11.4 Å². The van der Waals surface area contributed by atoms with E-state index in [2.05, 4.69) is 10.1 Å². The van der Waals surface area contributed by atoms with Crippen LogP contribution >= 0.6 is 0 Å². The average molecular weight is 249 g/mol. The van der Waals surface area contributed by atoms with Gasteiger partial charge in [0.25, 0.3) is 0 Å². The van der Waals surface area contributed by atoms with Crippen LogP contribution in [0.25, 0.3) is 0 Å². The van der Waals surface area contributed by atoms with E-state index in [1.54, 1.807) is 24.3 Å². The van der Waals surface area contributed by atoms with Gasteiger partial charge in [-0.25, -0.2) is 4.79 Å². The summed E-state index contributed by atoms with van der Waals surface area (Å²) < 4.78 is 4.68. The van der Waals surface area contributed by atoms with Gasteiger partial charge in [0.1, 0.15) is 0 Å². The molecule has 0 fully saturated rings. The molecule has 0 atom stereocenters. The van der Waals surface area contributed by atoms with E-state index in [1.165, 1.54) is 7.11 Å². The lowest BCUT2D eigenvalue weighted by Crippen LogP contribution is -2.30. The molecule has 0 unspecified atom stereocenters. The largest absolute Gasteiger partial charge is 0.465 e. The van der Waals surface area contributed by atoms with Crippen LogP contribution in [-0.4, -0.2) is 19.0 Å². The topological polar surface area (TPSA) is 55.4 Å². The molecule has 4 heteroatoms. The smallest absolute Gasteiger partial charge is 0.339 e. The highest BCUT2D eigenvalue weighted by atomic mass is 16.5. The quantitative estimate of drug-likeness (QED) is 0.835. The number of ether oxygens (including phenoxy) is 1. The maximum absolute atomic E-state index is 12.1. The standard InChI is InChI=1S/C14H19NO3/c1-5-14(2,3)13(17)15-11-9-7-6-8-10(11)12(16)18-4/h6-9H,5H2,1-4H3,(H,15,17). The maximum Gasteiger partial charge on any atom is 0.339 e. The van der Waals surface area contributed by atoms with Crippen molar-refractivity contribution in [3.63, 3.8) is 0 Å². The first-order valence-corrected chi connectivity index (χ1v) is 5.91. The van der Waals surface area contributed by atoms with Crippen molar-refractivity contribution in [3.05, 3.63) is 29.8 Å². The minimum absolute atomic E-state index is 0.110. The highest BCUT2D eigenvalue weighted by Gasteiger charge is 2.26. The van der Waals surface area contributed by atoms with Crippen LogP contribution in [0.3, 0.4) is 0 Å². The Morgan fingerprint density at radius 1 is 1.28 bits per heavy atom. The van der Waals surface area contributed by atoms with E-state index in [-0.39, 0.29) is 5.91 Å². The zero-order chi connectivity index (χ0) is 13.8. The van der Waals surface area contributed by atoms with Crippen molar-refractivity contribution in [1.29, 1.82) is 0 Å². The molecular weight excluding hydrogens is 230 g/mol. The Hall–Kier alpha value is -1.84. The highest BCUT2D eigenvalue weighted by molar-refractivity contribution is 6.02. The summed E-state index contributed by atoms with van der Waals surface area (Å²) in [7, 11) is 1.32. The first-order chi connectivity index (χ1) is 8.42. The lowest BCUT2D eigenvalue weighted by molar-refractivity contribution is -0.124. The van der Waals surface area contributed by atoms with Crippen molar-refractivity contribution in [2.75, 3.05) is 12.4 Å². The molecule has 0 bridgehead atoms.